The second-order valence-electron chi connectivity index (χ2n) is 4.31. The lowest BCUT2D eigenvalue weighted by atomic mass is 10.1. The number of anilines is 1. The van der Waals surface area contributed by atoms with Gasteiger partial charge in [0.25, 0.3) is 0 Å². The number of aromatic nitrogens is 2. The summed E-state index contributed by atoms with van der Waals surface area (Å²) in [5, 5.41) is 12.0. The third kappa shape index (κ3) is 3.08. The van der Waals surface area contributed by atoms with Gasteiger partial charge in [0.2, 0.25) is 5.95 Å². The molecule has 6 heteroatoms. The first kappa shape index (κ1) is 13.5. The number of hydrogen-bond acceptors (Lipinski definition) is 5. The Kier molecular flexibility index (Phi) is 3.80. The molecule has 0 saturated heterocycles. The summed E-state index contributed by atoms with van der Waals surface area (Å²) in [4.78, 5) is 21.3. The van der Waals surface area contributed by atoms with Crippen molar-refractivity contribution >= 4 is 23.3 Å². The van der Waals surface area contributed by atoms with Gasteiger partial charge in [0.05, 0.1) is 6.04 Å². The summed E-state index contributed by atoms with van der Waals surface area (Å²) in [5.74, 6) is -0.726. The molecule has 0 saturated carbocycles. The number of carboxylic acids is 1. The molecule has 2 aromatic rings. The minimum absolute atomic E-state index is 0.0112. The van der Waals surface area contributed by atoms with E-state index in [1.165, 1.54) is 27.6 Å². The van der Waals surface area contributed by atoms with Crippen LogP contribution in [0.3, 0.4) is 0 Å². The van der Waals surface area contributed by atoms with E-state index in [9.17, 15) is 4.79 Å². The molecule has 0 radical (unpaired) electrons. The maximum atomic E-state index is 10.8. The predicted molar refractivity (Wildman–Crippen MR) is 74.8 cm³/mol. The Hall–Kier alpha value is -1.95. The van der Waals surface area contributed by atoms with E-state index in [1.54, 1.807) is 11.3 Å². The van der Waals surface area contributed by atoms with E-state index >= 15 is 0 Å². The van der Waals surface area contributed by atoms with Crippen LogP contribution in [0, 0.1) is 13.8 Å². The lowest BCUT2D eigenvalue weighted by Gasteiger charge is -2.13. The van der Waals surface area contributed by atoms with Crippen molar-refractivity contribution in [1.29, 1.82) is 0 Å². The molecule has 1 atom stereocenters. The molecule has 0 aliphatic carbocycles. The fraction of sp³-hybridized carbons (Fsp3) is 0.308. The maximum absolute atomic E-state index is 10.8. The van der Waals surface area contributed by atoms with Crippen LogP contribution in [0.4, 0.5) is 5.95 Å². The molecule has 2 rings (SSSR count). The second kappa shape index (κ2) is 5.36. The molecule has 0 aliphatic rings. The molecule has 0 amide bonds. The molecule has 0 bridgehead atoms. The summed E-state index contributed by atoms with van der Waals surface area (Å²) in [6.45, 7) is 6.14. The monoisotopic (exact) mass is 277 g/mol. The van der Waals surface area contributed by atoms with Gasteiger partial charge in [0.1, 0.15) is 0 Å². The SMILES string of the molecule is Cc1cc(C(C)Nc2nccc(C(=O)O)n2)c(C)s1. The van der Waals surface area contributed by atoms with Crippen molar-refractivity contribution in [3.63, 3.8) is 0 Å². The summed E-state index contributed by atoms with van der Waals surface area (Å²) in [5.41, 5.74) is 1.18. The van der Waals surface area contributed by atoms with E-state index in [4.69, 9.17) is 5.11 Å². The zero-order valence-corrected chi connectivity index (χ0v) is 11.8. The van der Waals surface area contributed by atoms with Crippen LogP contribution in [0.2, 0.25) is 0 Å². The minimum Gasteiger partial charge on any atom is -0.477 e. The molecule has 0 aliphatic heterocycles. The summed E-state index contributed by atoms with van der Waals surface area (Å²) < 4.78 is 0. The number of thiophene rings is 1. The number of rotatable bonds is 4. The van der Waals surface area contributed by atoms with E-state index in [-0.39, 0.29) is 11.7 Å². The molecule has 0 fully saturated rings. The normalized spacial score (nSPS) is 12.2. The molecule has 1 unspecified atom stereocenters. The number of nitrogens with one attached hydrogen (secondary N) is 1. The Morgan fingerprint density at radius 2 is 2.21 bits per heavy atom. The highest BCUT2D eigenvalue weighted by Gasteiger charge is 2.13. The Morgan fingerprint density at radius 1 is 1.47 bits per heavy atom. The van der Waals surface area contributed by atoms with Crippen LogP contribution in [0.5, 0.6) is 0 Å². The van der Waals surface area contributed by atoms with Crippen molar-refractivity contribution in [3.05, 3.63) is 39.3 Å². The van der Waals surface area contributed by atoms with E-state index in [1.807, 2.05) is 6.92 Å². The highest BCUT2D eigenvalue weighted by atomic mass is 32.1. The van der Waals surface area contributed by atoms with Gasteiger partial charge in [-0.05, 0) is 38.5 Å². The van der Waals surface area contributed by atoms with Crippen LogP contribution < -0.4 is 5.32 Å². The number of carboxylic acid groups (broad SMARTS) is 1. The lowest BCUT2D eigenvalue weighted by Crippen LogP contribution is -2.11. The minimum atomic E-state index is -1.05. The smallest absolute Gasteiger partial charge is 0.354 e. The van der Waals surface area contributed by atoms with Gasteiger partial charge in [0, 0.05) is 16.0 Å². The van der Waals surface area contributed by atoms with Crippen molar-refractivity contribution in [2.45, 2.75) is 26.8 Å². The molecule has 2 N–H and O–H groups in total. The molecule has 0 spiro atoms. The molecule has 5 nitrogen and oxygen atoms in total. The Balaban J connectivity index is 2.19. The van der Waals surface area contributed by atoms with Gasteiger partial charge in [-0.2, -0.15) is 0 Å². The average Bonchev–Trinajstić information content (AvgIpc) is 2.69. The molecule has 0 aromatic carbocycles. The van der Waals surface area contributed by atoms with Gasteiger partial charge < -0.3 is 10.4 Å². The zero-order chi connectivity index (χ0) is 14.0. The van der Waals surface area contributed by atoms with E-state index in [0.717, 1.165) is 0 Å². The molecular formula is C13H15N3O2S. The van der Waals surface area contributed by atoms with Crippen molar-refractivity contribution in [2.75, 3.05) is 5.32 Å². The Labute approximate surface area is 115 Å². The number of hydrogen-bond donors (Lipinski definition) is 2. The van der Waals surface area contributed by atoms with Crippen LogP contribution in [0.25, 0.3) is 0 Å². The highest BCUT2D eigenvalue weighted by Crippen LogP contribution is 2.27. The molecule has 100 valence electrons. The van der Waals surface area contributed by atoms with Crippen molar-refractivity contribution in [3.8, 4) is 0 Å². The maximum Gasteiger partial charge on any atom is 0.354 e. The van der Waals surface area contributed by atoms with Crippen LogP contribution >= 0.6 is 11.3 Å². The van der Waals surface area contributed by atoms with Crippen LogP contribution in [-0.2, 0) is 0 Å². The predicted octanol–water partition coefficient (Wildman–Crippen LogP) is 3.03. The van der Waals surface area contributed by atoms with Crippen molar-refractivity contribution in [1.82, 2.24) is 9.97 Å². The number of aromatic carboxylic acids is 1. The quantitative estimate of drug-likeness (QED) is 0.898. The Morgan fingerprint density at radius 3 is 2.79 bits per heavy atom. The average molecular weight is 277 g/mol. The van der Waals surface area contributed by atoms with Gasteiger partial charge in [-0.25, -0.2) is 14.8 Å². The first-order chi connectivity index (χ1) is 8.97. The molecule has 2 heterocycles. The van der Waals surface area contributed by atoms with Gasteiger partial charge in [-0.1, -0.05) is 0 Å². The number of carbonyl (C=O) groups is 1. The first-order valence-corrected chi connectivity index (χ1v) is 6.69. The van der Waals surface area contributed by atoms with Crippen LogP contribution in [-0.4, -0.2) is 21.0 Å². The van der Waals surface area contributed by atoms with Crippen molar-refractivity contribution < 1.29 is 9.90 Å². The first-order valence-electron chi connectivity index (χ1n) is 5.87. The summed E-state index contributed by atoms with van der Waals surface area (Å²) >= 11 is 1.74. The summed E-state index contributed by atoms with van der Waals surface area (Å²) in [6.07, 6.45) is 1.44. The van der Waals surface area contributed by atoms with Crippen LogP contribution in [0.15, 0.2) is 18.3 Å². The van der Waals surface area contributed by atoms with E-state index < -0.39 is 5.97 Å². The van der Waals surface area contributed by atoms with E-state index in [2.05, 4.69) is 35.2 Å². The molecular weight excluding hydrogens is 262 g/mol. The summed E-state index contributed by atoms with van der Waals surface area (Å²) in [6, 6.07) is 3.53. The number of nitrogens with zero attached hydrogens (tertiary/aromatic N) is 2. The zero-order valence-electron chi connectivity index (χ0n) is 11.0. The van der Waals surface area contributed by atoms with Gasteiger partial charge in [-0.3, -0.25) is 0 Å². The molecule has 2 aromatic heterocycles. The standard InChI is InChI=1S/C13H15N3O2S/c1-7-6-10(9(3)19-7)8(2)15-13-14-5-4-11(16-13)12(17)18/h4-6,8H,1-3H3,(H,17,18)(H,14,15,16). The number of aryl methyl sites for hydroxylation is 2. The van der Waals surface area contributed by atoms with Gasteiger partial charge in [-0.15, -0.1) is 11.3 Å². The van der Waals surface area contributed by atoms with Crippen molar-refractivity contribution in [2.24, 2.45) is 0 Å². The third-order valence-corrected chi connectivity index (χ3v) is 3.75. The van der Waals surface area contributed by atoms with Gasteiger partial charge >= 0.3 is 5.97 Å². The third-order valence-electron chi connectivity index (χ3n) is 2.77. The van der Waals surface area contributed by atoms with Crippen LogP contribution in [0.1, 0.15) is 38.8 Å². The lowest BCUT2D eigenvalue weighted by molar-refractivity contribution is 0.0690. The second-order valence-corrected chi connectivity index (χ2v) is 5.77. The fourth-order valence-electron chi connectivity index (χ4n) is 1.90. The van der Waals surface area contributed by atoms with Gasteiger partial charge in [0.15, 0.2) is 5.69 Å². The Bertz CT molecular complexity index is 610. The van der Waals surface area contributed by atoms with E-state index in [0.29, 0.717) is 5.95 Å². The topological polar surface area (TPSA) is 75.1 Å². The molecule has 19 heavy (non-hydrogen) atoms. The summed E-state index contributed by atoms with van der Waals surface area (Å²) in [7, 11) is 0. The largest absolute Gasteiger partial charge is 0.477 e. The fourth-order valence-corrected chi connectivity index (χ4v) is 2.92. The highest BCUT2D eigenvalue weighted by molar-refractivity contribution is 7.12.